The molecule has 0 unspecified atom stereocenters. The average molecular weight is 254 g/mol. The molecule has 18 heavy (non-hydrogen) atoms. The lowest BCUT2D eigenvalue weighted by atomic mass is 10.1. The van der Waals surface area contributed by atoms with Crippen LogP contribution in [0.2, 0.25) is 0 Å². The lowest BCUT2D eigenvalue weighted by molar-refractivity contribution is -0.124. The quantitative estimate of drug-likeness (QED) is 0.557. The van der Waals surface area contributed by atoms with Crippen LogP contribution >= 0.6 is 0 Å². The largest absolute Gasteiger partial charge is 0.354 e. The molecule has 0 atom stereocenters. The second-order valence-corrected chi connectivity index (χ2v) is 4.30. The van der Waals surface area contributed by atoms with E-state index in [4.69, 9.17) is 0 Å². The summed E-state index contributed by atoms with van der Waals surface area (Å²) < 4.78 is 0. The Bertz CT molecular complexity index is 376. The highest BCUT2D eigenvalue weighted by molar-refractivity contribution is 6.39. The molecule has 0 aliphatic carbocycles. The van der Waals surface area contributed by atoms with Crippen LogP contribution in [0.15, 0.2) is 5.10 Å². The number of hydrogen-bond donors (Lipinski definition) is 3. The molecule has 100 valence electrons. The summed E-state index contributed by atoms with van der Waals surface area (Å²) in [5.74, 6) is -0.616. The standard InChI is InChI=1S/C11H18N4O3/c1-7(2)10(17)12-5-6-13-11(18)8-3-4-9(16)15-14-8/h7H,3-6H2,1-2H3,(H,12,17)(H,13,18)(H,15,16). The van der Waals surface area contributed by atoms with Gasteiger partial charge < -0.3 is 10.6 Å². The fourth-order valence-electron chi connectivity index (χ4n) is 1.31. The Hall–Kier alpha value is -1.92. The van der Waals surface area contributed by atoms with Crippen molar-refractivity contribution in [1.29, 1.82) is 0 Å². The van der Waals surface area contributed by atoms with Crippen molar-refractivity contribution in [3.63, 3.8) is 0 Å². The maximum absolute atomic E-state index is 11.6. The molecule has 3 N–H and O–H groups in total. The van der Waals surface area contributed by atoms with Crippen molar-refractivity contribution in [2.75, 3.05) is 13.1 Å². The van der Waals surface area contributed by atoms with Crippen molar-refractivity contribution in [2.24, 2.45) is 11.0 Å². The monoisotopic (exact) mass is 254 g/mol. The Balaban J connectivity index is 2.22. The van der Waals surface area contributed by atoms with Crippen LogP contribution in [0.3, 0.4) is 0 Å². The number of amides is 3. The predicted molar refractivity (Wildman–Crippen MR) is 65.7 cm³/mol. The number of nitrogens with zero attached hydrogens (tertiary/aromatic N) is 1. The van der Waals surface area contributed by atoms with E-state index in [0.717, 1.165) is 0 Å². The van der Waals surface area contributed by atoms with E-state index < -0.39 is 0 Å². The molecule has 0 aromatic carbocycles. The smallest absolute Gasteiger partial charge is 0.267 e. The van der Waals surface area contributed by atoms with Crippen LogP contribution in [0.5, 0.6) is 0 Å². The van der Waals surface area contributed by atoms with Gasteiger partial charge in [-0.3, -0.25) is 14.4 Å². The fraction of sp³-hybridized carbons (Fsp3) is 0.636. The van der Waals surface area contributed by atoms with E-state index in [1.165, 1.54) is 0 Å². The van der Waals surface area contributed by atoms with E-state index in [-0.39, 0.29) is 30.1 Å². The van der Waals surface area contributed by atoms with Gasteiger partial charge in [0.2, 0.25) is 11.8 Å². The summed E-state index contributed by atoms with van der Waals surface area (Å²) in [7, 11) is 0. The molecule has 0 saturated carbocycles. The van der Waals surface area contributed by atoms with Crippen molar-refractivity contribution in [1.82, 2.24) is 16.1 Å². The van der Waals surface area contributed by atoms with Crippen molar-refractivity contribution < 1.29 is 14.4 Å². The van der Waals surface area contributed by atoms with E-state index in [9.17, 15) is 14.4 Å². The van der Waals surface area contributed by atoms with Crippen molar-refractivity contribution in [3.8, 4) is 0 Å². The molecule has 1 heterocycles. The molecule has 0 aromatic rings. The number of nitrogens with one attached hydrogen (secondary N) is 3. The van der Waals surface area contributed by atoms with E-state index >= 15 is 0 Å². The maximum Gasteiger partial charge on any atom is 0.267 e. The summed E-state index contributed by atoms with van der Waals surface area (Å²) in [6, 6.07) is 0. The van der Waals surface area contributed by atoms with Gasteiger partial charge >= 0.3 is 0 Å². The van der Waals surface area contributed by atoms with Gasteiger partial charge in [-0.15, -0.1) is 0 Å². The summed E-state index contributed by atoms with van der Waals surface area (Å²) >= 11 is 0. The average Bonchev–Trinajstić information content (AvgIpc) is 2.34. The van der Waals surface area contributed by atoms with E-state index in [0.29, 0.717) is 25.2 Å². The third-order valence-electron chi connectivity index (χ3n) is 2.40. The first-order valence-corrected chi connectivity index (χ1v) is 5.92. The molecule has 0 radical (unpaired) electrons. The highest BCUT2D eigenvalue weighted by Crippen LogP contribution is 1.99. The Morgan fingerprint density at radius 2 is 1.94 bits per heavy atom. The number of carbonyl (C=O) groups is 3. The van der Waals surface area contributed by atoms with E-state index in [2.05, 4.69) is 21.2 Å². The second kappa shape index (κ2) is 6.73. The molecule has 1 aliphatic heterocycles. The lowest BCUT2D eigenvalue weighted by Gasteiger charge is -2.12. The van der Waals surface area contributed by atoms with Gasteiger partial charge in [0.1, 0.15) is 5.71 Å². The van der Waals surface area contributed by atoms with Gasteiger partial charge in [-0.05, 0) is 0 Å². The third-order valence-corrected chi connectivity index (χ3v) is 2.40. The molecule has 1 rings (SSSR count). The van der Waals surface area contributed by atoms with Crippen LogP contribution in [0.4, 0.5) is 0 Å². The molecule has 3 amide bonds. The normalized spacial score (nSPS) is 14.8. The summed E-state index contributed by atoms with van der Waals surface area (Å²) in [6.45, 7) is 4.31. The maximum atomic E-state index is 11.6. The number of carbonyl (C=O) groups excluding carboxylic acids is 3. The molecule has 7 nitrogen and oxygen atoms in total. The topological polar surface area (TPSA) is 99.7 Å². The molecule has 0 bridgehead atoms. The highest BCUT2D eigenvalue weighted by atomic mass is 16.2. The van der Waals surface area contributed by atoms with Gasteiger partial charge in [0, 0.05) is 31.8 Å². The molecule has 0 saturated heterocycles. The zero-order valence-corrected chi connectivity index (χ0v) is 10.6. The molecule has 1 aliphatic rings. The van der Waals surface area contributed by atoms with Crippen LogP contribution in [0, 0.1) is 5.92 Å². The molecule has 0 fully saturated rings. The molecular formula is C11H18N4O3. The molecular weight excluding hydrogens is 236 g/mol. The number of hydrazone groups is 1. The first-order valence-electron chi connectivity index (χ1n) is 5.92. The number of rotatable bonds is 5. The summed E-state index contributed by atoms with van der Waals surface area (Å²) in [4.78, 5) is 33.6. The van der Waals surface area contributed by atoms with E-state index in [1.807, 2.05) is 0 Å². The Morgan fingerprint density at radius 1 is 1.28 bits per heavy atom. The molecule has 0 spiro atoms. The predicted octanol–water partition coefficient (Wildman–Crippen LogP) is -0.859. The Labute approximate surface area is 105 Å². The first kappa shape index (κ1) is 14.1. The van der Waals surface area contributed by atoms with Gasteiger partial charge in [-0.2, -0.15) is 5.10 Å². The summed E-state index contributed by atoms with van der Waals surface area (Å²) in [5, 5.41) is 8.98. The SMILES string of the molecule is CC(C)C(=O)NCCNC(=O)C1=NNC(=O)CC1. The van der Waals surface area contributed by atoms with Crippen LogP contribution in [0.25, 0.3) is 0 Å². The second-order valence-electron chi connectivity index (χ2n) is 4.30. The van der Waals surface area contributed by atoms with Crippen molar-refractivity contribution in [2.45, 2.75) is 26.7 Å². The van der Waals surface area contributed by atoms with E-state index in [1.54, 1.807) is 13.8 Å². The van der Waals surface area contributed by atoms with Gasteiger partial charge in [0.05, 0.1) is 0 Å². The molecule has 0 aromatic heterocycles. The molecule has 7 heteroatoms. The van der Waals surface area contributed by atoms with Crippen molar-refractivity contribution >= 4 is 23.4 Å². The lowest BCUT2D eigenvalue weighted by Crippen LogP contribution is -2.41. The first-order chi connectivity index (χ1) is 8.50. The zero-order chi connectivity index (χ0) is 13.5. The zero-order valence-electron chi connectivity index (χ0n) is 10.6. The number of hydrogen-bond acceptors (Lipinski definition) is 4. The third kappa shape index (κ3) is 4.52. The minimum absolute atomic E-state index is 0.0495. The van der Waals surface area contributed by atoms with Gasteiger partial charge in [-0.25, -0.2) is 5.43 Å². The van der Waals surface area contributed by atoms with Crippen molar-refractivity contribution in [3.05, 3.63) is 0 Å². The minimum atomic E-state index is -0.311. The van der Waals surface area contributed by atoms with Crippen LogP contribution in [-0.4, -0.2) is 36.5 Å². The Kier molecular flexibility index (Phi) is 5.29. The van der Waals surface area contributed by atoms with Gasteiger partial charge in [0.25, 0.3) is 5.91 Å². The minimum Gasteiger partial charge on any atom is -0.354 e. The summed E-state index contributed by atoms with van der Waals surface area (Å²) in [6.07, 6.45) is 0.617. The highest BCUT2D eigenvalue weighted by Gasteiger charge is 2.17. The van der Waals surface area contributed by atoms with Crippen LogP contribution in [0.1, 0.15) is 26.7 Å². The van der Waals surface area contributed by atoms with Crippen LogP contribution in [-0.2, 0) is 14.4 Å². The Morgan fingerprint density at radius 3 is 2.50 bits per heavy atom. The van der Waals surface area contributed by atoms with Gasteiger partial charge in [-0.1, -0.05) is 13.8 Å². The summed E-state index contributed by atoms with van der Waals surface area (Å²) in [5.41, 5.74) is 2.57. The fourth-order valence-corrected chi connectivity index (χ4v) is 1.31. The van der Waals surface area contributed by atoms with Gasteiger partial charge in [0.15, 0.2) is 0 Å². The van der Waals surface area contributed by atoms with Crippen LogP contribution < -0.4 is 16.1 Å².